The molecule has 0 saturated heterocycles. The fourth-order valence-electron chi connectivity index (χ4n) is 2.62. The lowest BCUT2D eigenvalue weighted by molar-refractivity contribution is -0.0581. The Bertz CT molecular complexity index is 1000. The maximum atomic E-state index is 12.4. The third-order valence-electron chi connectivity index (χ3n) is 3.86. The SMILES string of the molecule is COc1ccc2cc(C(=O)ON3C(=O)c4ccccc4C3=O)sc2c1. The number of benzene rings is 2. The molecule has 1 aromatic heterocycles. The van der Waals surface area contributed by atoms with Gasteiger partial charge in [0.1, 0.15) is 10.6 Å². The molecular formula is C18H11NO5S. The van der Waals surface area contributed by atoms with E-state index in [1.807, 2.05) is 6.07 Å². The van der Waals surface area contributed by atoms with Crippen molar-refractivity contribution >= 4 is 39.2 Å². The first-order chi connectivity index (χ1) is 12.1. The topological polar surface area (TPSA) is 72.9 Å². The van der Waals surface area contributed by atoms with E-state index in [9.17, 15) is 14.4 Å². The van der Waals surface area contributed by atoms with Crippen molar-refractivity contribution < 1.29 is 24.0 Å². The van der Waals surface area contributed by atoms with Crippen LogP contribution in [0.3, 0.4) is 0 Å². The summed E-state index contributed by atoms with van der Waals surface area (Å²) in [7, 11) is 1.56. The predicted molar refractivity (Wildman–Crippen MR) is 90.7 cm³/mol. The minimum Gasteiger partial charge on any atom is -0.497 e. The molecule has 25 heavy (non-hydrogen) atoms. The van der Waals surface area contributed by atoms with Crippen LogP contribution in [0.15, 0.2) is 48.5 Å². The number of hydrogen-bond donors (Lipinski definition) is 0. The predicted octanol–water partition coefficient (Wildman–Crippen LogP) is 3.28. The summed E-state index contributed by atoms with van der Waals surface area (Å²) in [5.74, 6) is -1.36. The van der Waals surface area contributed by atoms with E-state index >= 15 is 0 Å². The molecular weight excluding hydrogens is 342 g/mol. The van der Waals surface area contributed by atoms with Crippen LogP contribution in [0.1, 0.15) is 30.4 Å². The zero-order valence-corrected chi connectivity index (χ0v) is 13.8. The van der Waals surface area contributed by atoms with Crippen molar-refractivity contribution in [2.75, 3.05) is 7.11 Å². The fourth-order valence-corrected chi connectivity index (χ4v) is 3.58. The van der Waals surface area contributed by atoms with E-state index in [2.05, 4.69) is 0 Å². The summed E-state index contributed by atoms with van der Waals surface area (Å²) >= 11 is 1.20. The van der Waals surface area contributed by atoms with Gasteiger partial charge in [-0.2, -0.15) is 0 Å². The molecule has 0 N–H and O–H groups in total. The van der Waals surface area contributed by atoms with Crippen LogP contribution in [0, 0.1) is 0 Å². The second-order valence-corrected chi connectivity index (χ2v) is 6.43. The Hall–Kier alpha value is -3.19. The van der Waals surface area contributed by atoms with Gasteiger partial charge in [-0.1, -0.05) is 17.2 Å². The van der Waals surface area contributed by atoms with E-state index in [0.29, 0.717) is 15.7 Å². The summed E-state index contributed by atoms with van der Waals surface area (Å²) in [6, 6.07) is 13.4. The van der Waals surface area contributed by atoms with Crippen LogP contribution < -0.4 is 4.74 Å². The lowest BCUT2D eigenvalue weighted by Crippen LogP contribution is -2.32. The highest BCUT2D eigenvalue weighted by atomic mass is 32.1. The van der Waals surface area contributed by atoms with E-state index < -0.39 is 17.8 Å². The molecule has 6 nitrogen and oxygen atoms in total. The number of ether oxygens (including phenoxy) is 1. The number of imide groups is 1. The average Bonchev–Trinajstić information content (AvgIpc) is 3.16. The van der Waals surface area contributed by atoms with Gasteiger partial charge in [0.15, 0.2) is 0 Å². The van der Waals surface area contributed by atoms with Crippen LogP contribution >= 0.6 is 11.3 Å². The molecule has 0 unspecified atom stereocenters. The largest absolute Gasteiger partial charge is 0.497 e. The summed E-state index contributed by atoms with van der Waals surface area (Å²) in [5, 5.41) is 1.36. The maximum absolute atomic E-state index is 12.4. The van der Waals surface area contributed by atoms with Gasteiger partial charge in [-0.3, -0.25) is 9.59 Å². The van der Waals surface area contributed by atoms with Crippen molar-refractivity contribution in [1.82, 2.24) is 5.06 Å². The standard InChI is InChI=1S/C18H11NO5S/c1-23-11-7-6-10-8-15(25-14(10)9-11)18(22)24-19-16(20)12-4-2-3-5-13(12)17(19)21/h2-9H,1H3. The lowest BCUT2D eigenvalue weighted by atomic mass is 10.1. The van der Waals surface area contributed by atoms with Crippen LogP contribution in [-0.2, 0) is 4.84 Å². The van der Waals surface area contributed by atoms with Crippen molar-refractivity contribution in [3.63, 3.8) is 0 Å². The molecule has 0 bridgehead atoms. The minimum atomic E-state index is -0.755. The van der Waals surface area contributed by atoms with Crippen LogP contribution in [-0.4, -0.2) is 30.0 Å². The number of thiophene rings is 1. The fraction of sp³-hybridized carbons (Fsp3) is 0.0556. The Balaban J connectivity index is 1.61. The second kappa shape index (κ2) is 5.71. The van der Waals surface area contributed by atoms with Gasteiger partial charge < -0.3 is 9.57 Å². The smallest absolute Gasteiger partial charge is 0.373 e. The molecule has 0 aliphatic carbocycles. The number of carbonyl (C=O) groups is 3. The van der Waals surface area contributed by atoms with E-state index in [1.54, 1.807) is 37.4 Å². The normalized spacial score (nSPS) is 13.2. The van der Waals surface area contributed by atoms with Crippen LogP contribution in [0.4, 0.5) is 0 Å². The Morgan fingerprint density at radius 2 is 1.68 bits per heavy atom. The van der Waals surface area contributed by atoms with Gasteiger partial charge in [-0.15, -0.1) is 11.3 Å². The number of hydroxylamine groups is 2. The van der Waals surface area contributed by atoms with Crippen molar-refractivity contribution in [1.29, 1.82) is 0 Å². The second-order valence-electron chi connectivity index (χ2n) is 5.34. The van der Waals surface area contributed by atoms with E-state index in [-0.39, 0.29) is 11.1 Å². The summed E-state index contributed by atoms with van der Waals surface area (Å²) in [6.45, 7) is 0. The highest BCUT2D eigenvalue weighted by Gasteiger charge is 2.39. The molecule has 7 heteroatoms. The Labute approximate surface area is 146 Å². The van der Waals surface area contributed by atoms with E-state index in [0.717, 1.165) is 10.1 Å². The molecule has 0 spiro atoms. The molecule has 0 radical (unpaired) electrons. The van der Waals surface area contributed by atoms with Crippen molar-refractivity contribution in [3.8, 4) is 5.75 Å². The minimum absolute atomic E-state index is 0.223. The number of nitrogens with zero attached hydrogens (tertiary/aromatic N) is 1. The molecule has 3 aromatic rings. The number of hydrogen-bond acceptors (Lipinski definition) is 6. The first kappa shape index (κ1) is 15.3. The lowest BCUT2D eigenvalue weighted by Gasteiger charge is -2.11. The van der Waals surface area contributed by atoms with Crippen LogP contribution in [0.25, 0.3) is 10.1 Å². The highest BCUT2D eigenvalue weighted by Crippen LogP contribution is 2.30. The van der Waals surface area contributed by atoms with Gasteiger partial charge in [0.2, 0.25) is 0 Å². The number of carbonyl (C=O) groups excluding carboxylic acids is 3. The van der Waals surface area contributed by atoms with E-state index in [4.69, 9.17) is 9.57 Å². The molecule has 1 aliphatic rings. The van der Waals surface area contributed by atoms with Crippen molar-refractivity contribution in [2.45, 2.75) is 0 Å². The number of rotatable bonds is 3. The summed E-state index contributed by atoms with van der Waals surface area (Å²) in [5.41, 5.74) is 0.447. The molecule has 2 aromatic carbocycles. The molecule has 124 valence electrons. The zero-order valence-electron chi connectivity index (χ0n) is 13.0. The van der Waals surface area contributed by atoms with Crippen molar-refractivity contribution in [2.24, 2.45) is 0 Å². The van der Waals surface area contributed by atoms with Gasteiger partial charge in [0.25, 0.3) is 11.8 Å². The van der Waals surface area contributed by atoms with Crippen LogP contribution in [0.2, 0.25) is 0 Å². The molecule has 0 saturated carbocycles. The summed E-state index contributed by atoms with van der Waals surface area (Å²) in [6.07, 6.45) is 0. The Morgan fingerprint density at radius 3 is 2.32 bits per heavy atom. The van der Waals surface area contributed by atoms with Gasteiger partial charge in [0.05, 0.1) is 18.2 Å². The Morgan fingerprint density at radius 1 is 1.00 bits per heavy atom. The summed E-state index contributed by atoms with van der Waals surface area (Å²) < 4.78 is 6.00. The van der Waals surface area contributed by atoms with Gasteiger partial charge >= 0.3 is 5.97 Å². The molecule has 2 heterocycles. The number of amides is 2. The third kappa shape index (κ3) is 2.45. The quantitative estimate of drug-likeness (QED) is 0.676. The first-order valence-corrected chi connectivity index (χ1v) is 8.18. The zero-order chi connectivity index (χ0) is 17.6. The third-order valence-corrected chi connectivity index (χ3v) is 4.94. The molecule has 1 aliphatic heterocycles. The maximum Gasteiger partial charge on any atom is 0.373 e. The van der Waals surface area contributed by atoms with Crippen LogP contribution in [0.5, 0.6) is 5.75 Å². The number of fused-ring (bicyclic) bond motifs is 2. The van der Waals surface area contributed by atoms with Gasteiger partial charge in [0, 0.05) is 4.70 Å². The molecule has 0 atom stereocenters. The monoisotopic (exact) mass is 353 g/mol. The summed E-state index contributed by atoms with van der Waals surface area (Å²) in [4.78, 5) is 42.2. The molecule has 2 amide bonds. The Kier molecular flexibility index (Phi) is 3.51. The number of methoxy groups -OCH3 is 1. The van der Waals surface area contributed by atoms with Gasteiger partial charge in [-0.25, -0.2) is 4.79 Å². The highest BCUT2D eigenvalue weighted by molar-refractivity contribution is 7.20. The molecule has 0 fully saturated rings. The first-order valence-electron chi connectivity index (χ1n) is 7.36. The van der Waals surface area contributed by atoms with Gasteiger partial charge in [-0.05, 0) is 41.8 Å². The average molecular weight is 353 g/mol. The van der Waals surface area contributed by atoms with Crippen molar-refractivity contribution in [3.05, 3.63) is 64.5 Å². The van der Waals surface area contributed by atoms with E-state index in [1.165, 1.54) is 23.5 Å². The molecule has 4 rings (SSSR count).